The molecule has 10 heteroatoms. The number of nitrogens with zero attached hydrogens (tertiary/aromatic N) is 1. The highest BCUT2D eigenvalue weighted by molar-refractivity contribution is 6.42. The number of halogens is 2. The first-order chi connectivity index (χ1) is 15.3. The summed E-state index contributed by atoms with van der Waals surface area (Å²) in [6.07, 6.45) is 0.219. The number of hydrogen-bond donors (Lipinski definition) is 3. The lowest BCUT2D eigenvalue weighted by atomic mass is 9.76. The molecule has 2 aromatic carbocycles. The Balaban J connectivity index is 1.64. The second-order valence-electron chi connectivity index (χ2n) is 8.18. The summed E-state index contributed by atoms with van der Waals surface area (Å²) in [7, 11) is 0. The molecule has 4 N–H and O–H groups in total. The fourth-order valence-corrected chi connectivity index (χ4v) is 5.48. The molecule has 0 aliphatic carbocycles. The van der Waals surface area contributed by atoms with Crippen LogP contribution in [0.4, 0.5) is 11.4 Å². The van der Waals surface area contributed by atoms with E-state index in [1.165, 1.54) is 18.2 Å². The Bertz CT molecular complexity index is 1200. The van der Waals surface area contributed by atoms with Gasteiger partial charge >= 0.3 is 0 Å². The van der Waals surface area contributed by atoms with Gasteiger partial charge in [-0.1, -0.05) is 41.4 Å². The van der Waals surface area contributed by atoms with Gasteiger partial charge in [-0.25, -0.2) is 4.90 Å². The van der Waals surface area contributed by atoms with Gasteiger partial charge < -0.3 is 11.1 Å². The molecular formula is C22H18Cl2N4O4. The number of anilines is 2. The number of carbonyl (C=O) groups is 4. The number of primary amides is 1. The summed E-state index contributed by atoms with van der Waals surface area (Å²) in [5, 5.41) is 6.56. The fourth-order valence-electron chi connectivity index (χ4n) is 5.18. The number of para-hydroxylation sites is 1. The van der Waals surface area contributed by atoms with Crippen LogP contribution in [0, 0.1) is 11.8 Å². The Morgan fingerprint density at radius 2 is 1.81 bits per heavy atom. The lowest BCUT2D eigenvalue weighted by molar-refractivity contribution is -0.130. The summed E-state index contributed by atoms with van der Waals surface area (Å²) in [6.45, 7) is 0. The minimum Gasteiger partial charge on any atom is -0.370 e. The predicted molar refractivity (Wildman–Crippen MR) is 118 cm³/mol. The van der Waals surface area contributed by atoms with Gasteiger partial charge in [-0.2, -0.15) is 0 Å². The highest BCUT2D eigenvalue weighted by Gasteiger charge is 2.70. The van der Waals surface area contributed by atoms with E-state index >= 15 is 0 Å². The molecule has 8 nitrogen and oxygen atoms in total. The van der Waals surface area contributed by atoms with Crippen LogP contribution >= 0.6 is 23.2 Å². The smallest absolute Gasteiger partial charge is 0.250 e. The molecule has 164 valence electrons. The van der Waals surface area contributed by atoms with Gasteiger partial charge in [-0.15, -0.1) is 0 Å². The van der Waals surface area contributed by atoms with Crippen LogP contribution < -0.4 is 21.3 Å². The van der Waals surface area contributed by atoms with Crippen molar-refractivity contribution in [2.75, 3.05) is 10.2 Å². The van der Waals surface area contributed by atoms with Crippen molar-refractivity contribution in [3.63, 3.8) is 0 Å². The van der Waals surface area contributed by atoms with Gasteiger partial charge in [0.15, 0.2) is 0 Å². The van der Waals surface area contributed by atoms with E-state index in [1.807, 2.05) is 0 Å². The predicted octanol–water partition coefficient (Wildman–Crippen LogP) is 2.18. The van der Waals surface area contributed by atoms with Crippen LogP contribution in [-0.4, -0.2) is 29.7 Å². The molecule has 5 rings (SSSR count). The molecule has 2 fully saturated rings. The second-order valence-corrected chi connectivity index (χ2v) is 8.99. The Hall–Kier alpha value is -2.94. The zero-order valence-corrected chi connectivity index (χ0v) is 18.1. The molecule has 4 amide bonds. The molecule has 4 atom stereocenters. The van der Waals surface area contributed by atoms with E-state index in [4.69, 9.17) is 28.9 Å². The van der Waals surface area contributed by atoms with E-state index < -0.39 is 47.0 Å². The van der Waals surface area contributed by atoms with Crippen molar-refractivity contribution in [1.82, 2.24) is 5.32 Å². The number of hydrogen-bond acceptors (Lipinski definition) is 5. The molecule has 0 radical (unpaired) electrons. The van der Waals surface area contributed by atoms with Gasteiger partial charge in [0.05, 0.1) is 27.6 Å². The number of fused-ring (bicyclic) bond motifs is 4. The number of nitrogens with one attached hydrogen (secondary N) is 2. The lowest BCUT2D eigenvalue weighted by Gasteiger charge is -2.29. The fraction of sp³-hybridized carbons (Fsp3) is 0.273. The van der Waals surface area contributed by atoms with Crippen molar-refractivity contribution in [3.8, 4) is 0 Å². The van der Waals surface area contributed by atoms with Crippen molar-refractivity contribution < 1.29 is 19.2 Å². The van der Waals surface area contributed by atoms with Gasteiger partial charge in [0, 0.05) is 23.7 Å². The zero-order valence-electron chi connectivity index (χ0n) is 16.6. The molecule has 32 heavy (non-hydrogen) atoms. The molecule has 0 bridgehead atoms. The van der Waals surface area contributed by atoms with E-state index in [-0.39, 0.29) is 28.6 Å². The highest BCUT2D eigenvalue weighted by Crippen LogP contribution is 2.54. The van der Waals surface area contributed by atoms with E-state index in [2.05, 4.69) is 10.6 Å². The van der Waals surface area contributed by atoms with Crippen molar-refractivity contribution in [1.29, 1.82) is 0 Å². The van der Waals surface area contributed by atoms with Crippen LogP contribution in [0.1, 0.15) is 18.4 Å². The Kier molecular flexibility index (Phi) is 4.77. The number of benzene rings is 2. The number of rotatable bonds is 4. The van der Waals surface area contributed by atoms with E-state index in [0.29, 0.717) is 11.3 Å². The Labute approximate surface area is 193 Å². The van der Waals surface area contributed by atoms with Gasteiger partial charge in [-0.3, -0.25) is 24.5 Å². The summed E-state index contributed by atoms with van der Waals surface area (Å²) in [4.78, 5) is 53.1. The van der Waals surface area contributed by atoms with E-state index in [0.717, 1.165) is 4.90 Å². The second kappa shape index (κ2) is 7.30. The summed E-state index contributed by atoms with van der Waals surface area (Å²) in [5.74, 6) is -3.76. The Morgan fingerprint density at radius 1 is 1.06 bits per heavy atom. The first kappa shape index (κ1) is 20.9. The molecule has 1 spiro atoms. The van der Waals surface area contributed by atoms with Gasteiger partial charge in [-0.05, 0) is 30.7 Å². The van der Waals surface area contributed by atoms with Gasteiger partial charge in [0.25, 0.3) is 0 Å². The zero-order chi connectivity index (χ0) is 22.8. The standard InChI is InChI=1S/C22H18Cl2N4O4/c23-12-6-5-10(9-13(12)24)28-19(30)17-15(7-8-16(25)29)27-22(18(17)20(28)31)11-3-1-2-4-14(11)26-21(22)32/h1-6,9,15,17-18,27H,7-8H2,(H2,25,29)(H,26,32). The summed E-state index contributed by atoms with van der Waals surface area (Å²) < 4.78 is 0. The van der Waals surface area contributed by atoms with Gasteiger partial charge in [0.1, 0.15) is 5.54 Å². The Morgan fingerprint density at radius 3 is 2.53 bits per heavy atom. The first-order valence-corrected chi connectivity index (χ1v) is 10.8. The number of imide groups is 1. The van der Waals surface area contributed by atoms with Crippen molar-refractivity contribution in [3.05, 3.63) is 58.1 Å². The third kappa shape index (κ3) is 2.80. The molecule has 4 unspecified atom stereocenters. The van der Waals surface area contributed by atoms with E-state index in [9.17, 15) is 19.2 Å². The van der Waals surface area contributed by atoms with Crippen LogP contribution in [0.25, 0.3) is 0 Å². The molecule has 3 heterocycles. The van der Waals surface area contributed by atoms with Gasteiger partial charge in [0.2, 0.25) is 23.6 Å². The maximum absolute atomic E-state index is 13.7. The molecule has 3 aliphatic rings. The van der Waals surface area contributed by atoms with E-state index in [1.54, 1.807) is 24.3 Å². The third-order valence-corrected chi connectivity index (χ3v) is 7.22. The topological polar surface area (TPSA) is 122 Å². The maximum Gasteiger partial charge on any atom is 0.250 e. The highest BCUT2D eigenvalue weighted by atomic mass is 35.5. The monoisotopic (exact) mass is 472 g/mol. The normalized spacial score (nSPS) is 28.2. The molecule has 2 saturated heterocycles. The van der Waals surface area contributed by atoms with Crippen LogP contribution in [0.15, 0.2) is 42.5 Å². The first-order valence-electron chi connectivity index (χ1n) is 10.1. The SMILES string of the molecule is NC(=O)CCC1NC2(C(=O)Nc3ccccc32)C2C(=O)N(c3ccc(Cl)c(Cl)c3)C(=O)C12. The van der Waals surface area contributed by atoms with Crippen LogP contribution in [-0.2, 0) is 24.7 Å². The van der Waals surface area contributed by atoms with Crippen molar-refractivity contribution in [2.45, 2.75) is 24.4 Å². The quantitative estimate of drug-likeness (QED) is 0.588. The van der Waals surface area contributed by atoms with Crippen molar-refractivity contribution >= 4 is 58.2 Å². The van der Waals surface area contributed by atoms with Crippen LogP contribution in [0.5, 0.6) is 0 Å². The summed E-state index contributed by atoms with van der Waals surface area (Å²) in [5.41, 5.74) is 5.35. The third-order valence-electron chi connectivity index (χ3n) is 6.49. The molecule has 0 aromatic heterocycles. The number of amides is 4. The largest absolute Gasteiger partial charge is 0.370 e. The minimum atomic E-state index is -1.43. The summed E-state index contributed by atoms with van der Waals surface area (Å²) >= 11 is 12.1. The van der Waals surface area contributed by atoms with Crippen molar-refractivity contribution in [2.24, 2.45) is 17.6 Å². The van der Waals surface area contributed by atoms with Crippen LogP contribution in [0.2, 0.25) is 10.0 Å². The minimum absolute atomic E-state index is 0.00841. The summed E-state index contributed by atoms with van der Waals surface area (Å²) in [6, 6.07) is 10.9. The molecule has 3 aliphatic heterocycles. The average Bonchev–Trinajstić information content (AvgIpc) is 3.33. The maximum atomic E-state index is 13.7. The lowest BCUT2D eigenvalue weighted by Crippen LogP contribution is -2.53. The molecule has 0 saturated carbocycles. The average molecular weight is 473 g/mol. The number of carbonyl (C=O) groups excluding carboxylic acids is 4. The van der Waals surface area contributed by atoms with Crippen LogP contribution in [0.3, 0.4) is 0 Å². The molecular weight excluding hydrogens is 455 g/mol. The molecule has 2 aromatic rings. The number of nitrogens with two attached hydrogens (primary N) is 1.